The summed E-state index contributed by atoms with van der Waals surface area (Å²) >= 11 is 0. The lowest BCUT2D eigenvalue weighted by Crippen LogP contribution is -2.17. The van der Waals surface area contributed by atoms with Crippen LogP contribution in [-0.4, -0.2) is 17.3 Å². The molecule has 3 aromatic rings. The number of benzene rings is 3. The van der Waals surface area contributed by atoms with E-state index < -0.39 is 11.2 Å². The summed E-state index contributed by atoms with van der Waals surface area (Å²) in [6.07, 6.45) is 0. The number of para-hydroxylation sites is 1. The van der Waals surface area contributed by atoms with Crippen molar-refractivity contribution in [3.8, 4) is 28.0 Å². The Morgan fingerprint density at radius 2 is 0.929 bits per heavy atom. The Morgan fingerprint density at radius 1 is 0.571 bits per heavy atom. The third-order valence-electron chi connectivity index (χ3n) is 4.97. The van der Waals surface area contributed by atoms with E-state index in [4.69, 9.17) is 4.74 Å². The van der Waals surface area contributed by atoms with Crippen LogP contribution in [-0.2, 0) is 11.2 Å². The van der Waals surface area contributed by atoms with Gasteiger partial charge in [-0.25, -0.2) is 0 Å². The SMILES string of the molecule is COc1c(-c2ccccc2C(C)(C)O)cccc1-c1ccccc1C(C)(C)O. The van der Waals surface area contributed by atoms with Crippen LogP contribution in [0.1, 0.15) is 38.8 Å². The van der Waals surface area contributed by atoms with Gasteiger partial charge in [-0.05, 0) is 49.9 Å². The van der Waals surface area contributed by atoms with Gasteiger partial charge in [-0.3, -0.25) is 0 Å². The highest BCUT2D eigenvalue weighted by atomic mass is 16.5. The maximum atomic E-state index is 10.7. The van der Waals surface area contributed by atoms with Crippen LogP contribution < -0.4 is 4.74 Å². The molecule has 3 aromatic carbocycles. The van der Waals surface area contributed by atoms with Gasteiger partial charge in [-0.15, -0.1) is 0 Å². The summed E-state index contributed by atoms with van der Waals surface area (Å²) in [4.78, 5) is 0. The molecule has 146 valence electrons. The minimum absolute atomic E-state index is 0.718. The van der Waals surface area contributed by atoms with E-state index >= 15 is 0 Å². The van der Waals surface area contributed by atoms with Crippen molar-refractivity contribution in [2.75, 3.05) is 7.11 Å². The Bertz CT molecular complexity index is 900. The summed E-state index contributed by atoms with van der Waals surface area (Å²) in [5, 5.41) is 21.3. The van der Waals surface area contributed by atoms with Crippen molar-refractivity contribution >= 4 is 0 Å². The van der Waals surface area contributed by atoms with Crippen molar-refractivity contribution in [1.29, 1.82) is 0 Å². The highest BCUT2D eigenvalue weighted by molar-refractivity contribution is 5.85. The van der Waals surface area contributed by atoms with Gasteiger partial charge in [-0.1, -0.05) is 66.7 Å². The van der Waals surface area contributed by atoms with Gasteiger partial charge in [0.15, 0.2) is 0 Å². The minimum atomic E-state index is -0.984. The molecule has 0 amide bonds. The zero-order valence-corrected chi connectivity index (χ0v) is 17.2. The smallest absolute Gasteiger partial charge is 0.134 e. The number of hydrogen-bond donors (Lipinski definition) is 2. The topological polar surface area (TPSA) is 49.7 Å². The molecule has 0 aromatic heterocycles. The van der Waals surface area contributed by atoms with Gasteiger partial charge in [0.05, 0.1) is 18.3 Å². The molecule has 0 saturated heterocycles. The van der Waals surface area contributed by atoms with Crippen LogP contribution in [0.25, 0.3) is 22.3 Å². The highest BCUT2D eigenvalue weighted by Crippen LogP contribution is 2.44. The van der Waals surface area contributed by atoms with Gasteiger partial charge in [0, 0.05) is 11.1 Å². The van der Waals surface area contributed by atoms with Crippen molar-refractivity contribution in [2.45, 2.75) is 38.9 Å². The number of rotatable bonds is 5. The fraction of sp³-hybridized carbons (Fsp3) is 0.280. The molecule has 0 fully saturated rings. The first-order chi connectivity index (χ1) is 13.1. The van der Waals surface area contributed by atoms with E-state index in [1.807, 2.05) is 66.7 Å². The lowest BCUT2D eigenvalue weighted by molar-refractivity contribution is 0.0786. The lowest BCUT2D eigenvalue weighted by atomic mass is 9.85. The van der Waals surface area contributed by atoms with Crippen LogP contribution in [0.3, 0.4) is 0 Å². The Morgan fingerprint density at radius 3 is 1.29 bits per heavy atom. The van der Waals surface area contributed by atoms with Crippen LogP contribution in [0.5, 0.6) is 5.75 Å². The molecule has 0 aliphatic rings. The Balaban J connectivity index is 2.30. The molecule has 0 unspecified atom stereocenters. The van der Waals surface area contributed by atoms with Gasteiger partial charge in [0.1, 0.15) is 5.75 Å². The summed E-state index contributed by atoms with van der Waals surface area (Å²) in [7, 11) is 1.65. The second kappa shape index (κ2) is 7.42. The molecule has 3 heteroatoms. The third kappa shape index (κ3) is 3.82. The average Bonchev–Trinajstić information content (AvgIpc) is 2.66. The van der Waals surface area contributed by atoms with Crippen LogP contribution in [0, 0.1) is 0 Å². The standard InChI is InChI=1S/C25H28O3/c1-24(2,26)21-15-8-6-11-17(21)19-13-10-14-20(23(19)28-5)18-12-7-9-16-22(18)25(3,4)27/h6-16,26-27H,1-5H3. The molecular formula is C25H28O3. The summed E-state index contributed by atoms with van der Waals surface area (Å²) in [5.74, 6) is 0.718. The third-order valence-corrected chi connectivity index (χ3v) is 4.97. The van der Waals surface area contributed by atoms with E-state index in [0.29, 0.717) is 0 Å². The fourth-order valence-electron chi connectivity index (χ4n) is 3.68. The number of methoxy groups -OCH3 is 1. The van der Waals surface area contributed by atoms with Gasteiger partial charge < -0.3 is 14.9 Å². The van der Waals surface area contributed by atoms with Gasteiger partial charge in [-0.2, -0.15) is 0 Å². The molecule has 0 aliphatic heterocycles. The molecule has 0 aliphatic carbocycles. The summed E-state index contributed by atoms with van der Waals surface area (Å²) < 4.78 is 5.86. The predicted octanol–water partition coefficient (Wildman–Crippen LogP) is 5.48. The number of ether oxygens (including phenoxy) is 1. The molecule has 0 radical (unpaired) electrons. The van der Waals surface area contributed by atoms with E-state index in [1.54, 1.807) is 34.8 Å². The zero-order chi connectivity index (χ0) is 20.5. The second-order valence-corrected chi connectivity index (χ2v) is 8.10. The molecular weight excluding hydrogens is 348 g/mol. The minimum Gasteiger partial charge on any atom is -0.495 e. The Hall–Kier alpha value is -2.62. The van der Waals surface area contributed by atoms with E-state index in [1.165, 1.54) is 0 Å². The fourth-order valence-corrected chi connectivity index (χ4v) is 3.68. The van der Waals surface area contributed by atoms with Crippen LogP contribution >= 0.6 is 0 Å². The van der Waals surface area contributed by atoms with Crippen molar-refractivity contribution < 1.29 is 14.9 Å². The molecule has 3 nitrogen and oxygen atoms in total. The molecule has 0 bridgehead atoms. The van der Waals surface area contributed by atoms with Crippen molar-refractivity contribution in [3.05, 3.63) is 77.9 Å². The summed E-state index contributed by atoms with van der Waals surface area (Å²) in [6.45, 7) is 7.13. The maximum Gasteiger partial charge on any atom is 0.134 e. The first-order valence-corrected chi connectivity index (χ1v) is 9.46. The lowest BCUT2D eigenvalue weighted by Gasteiger charge is -2.25. The van der Waals surface area contributed by atoms with E-state index in [2.05, 4.69) is 0 Å². The van der Waals surface area contributed by atoms with Gasteiger partial charge in [0.2, 0.25) is 0 Å². The maximum absolute atomic E-state index is 10.7. The second-order valence-electron chi connectivity index (χ2n) is 8.10. The molecule has 0 heterocycles. The summed E-state index contributed by atoms with van der Waals surface area (Å²) in [5.41, 5.74) is 3.36. The number of hydrogen-bond acceptors (Lipinski definition) is 3. The van der Waals surface area contributed by atoms with Crippen molar-refractivity contribution in [3.63, 3.8) is 0 Å². The van der Waals surface area contributed by atoms with E-state index in [0.717, 1.165) is 39.1 Å². The zero-order valence-electron chi connectivity index (χ0n) is 17.2. The molecule has 2 N–H and O–H groups in total. The van der Waals surface area contributed by atoms with E-state index in [9.17, 15) is 10.2 Å². The first-order valence-electron chi connectivity index (χ1n) is 9.46. The van der Waals surface area contributed by atoms with Gasteiger partial charge >= 0.3 is 0 Å². The number of aliphatic hydroxyl groups is 2. The molecule has 3 rings (SSSR count). The van der Waals surface area contributed by atoms with Gasteiger partial charge in [0.25, 0.3) is 0 Å². The quantitative estimate of drug-likeness (QED) is 0.619. The van der Waals surface area contributed by atoms with E-state index in [-0.39, 0.29) is 0 Å². The van der Waals surface area contributed by atoms with Crippen LogP contribution in [0.15, 0.2) is 66.7 Å². The van der Waals surface area contributed by atoms with Crippen LogP contribution in [0.2, 0.25) is 0 Å². The van der Waals surface area contributed by atoms with Crippen LogP contribution in [0.4, 0.5) is 0 Å². The predicted molar refractivity (Wildman–Crippen MR) is 114 cm³/mol. The largest absolute Gasteiger partial charge is 0.495 e. The Labute approximate surface area is 167 Å². The summed E-state index contributed by atoms with van der Waals surface area (Å²) in [6, 6.07) is 21.6. The molecule has 28 heavy (non-hydrogen) atoms. The average molecular weight is 376 g/mol. The van der Waals surface area contributed by atoms with Crippen molar-refractivity contribution in [2.24, 2.45) is 0 Å². The first kappa shape index (κ1) is 20.1. The highest BCUT2D eigenvalue weighted by Gasteiger charge is 2.25. The molecule has 0 saturated carbocycles. The molecule has 0 atom stereocenters. The Kier molecular flexibility index (Phi) is 5.33. The normalized spacial score (nSPS) is 12.1. The molecule has 0 spiro atoms. The monoisotopic (exact) mass is 376 g/mol. The van der Waals surface area contributed by atoms with Crippen molar-refractivity contribution in [1.82, 2.24) is 0 Å².